The Morgan fingerprint density at radius 3 is 2.78 bits per heavy atom. The van der Waals surface area contributed by atoms with E-state index in [4.69, 9.17) is 33.3 Å². The van der Waals surface area contributed by atoms with Gasteiger partial charge in [-0.15, -0.1) is 0 Å². The number of H-pyrrole nitrogens is 1. The van der Waals surface area contributed by atoms with Gasteiger partial charge in [0.25, 0.3) is 0 Å². The van der Waals surface area contributed by atoms with Crippen molar-refractivity contribution in [1.29, 1.82) is 0 Å². The molecule has 2 aromatic carbocycles. The van der Waals surface area contributed by atoms with Crippen LogP contribution in [-0.4, -0.2) is 22.0 Å². The number of aromatic amines is 1. The molecule has 0 spiro atoms. The highest BCUT2D eigenvalue weighted by Crippen LogP contribution is 2.37. The summed E-state index contributed by atoms with van der Waals surface area (Å²) in [6.07, 6.45) is 0. The van der Waals surface area contributed by atoms with Crippen LogP contribution < -0.4 is 14.9 Å². The molecule has 0 aliphatic heterocycles. The maximum atomic E-state index is 6.02. The van der Waals surface area contributed by atoms with Crippen LogP contribution in [0, 0.1) is 11.7 Å². The predicted molar refractivity (Wildman–Crippen MR) is 112 cm³/mol. The van der Waals surface area contributed by atoms with Gasteiger partial charge >= 0.3 is 0 Å². The van der Waals surface area contributed by atoms with E-state index in [1.54, 1.807) is 11.8 Å². The fourth-order valence-corrected chi connectivity index (χ4v) is 3.59. The highest BCUT2D eigenvalue weighted by molar-refractivity contribution is 9.10. The van der Waals surface area contributed by atoms with Crippen molar-refractivity contribution in [3.8, 4) is 11.5 Å². The summed E-state index contributed by atoms with van der Waals surface area (Å²) in [5, 5.41) is 7.49. The first-order chi connectivity index (χ1) is 13.0. The van der Waals surface area contributed by atoms with Crippen LogP contribution in [0.15, 0.2) is 40.9 Å². The molecule has 27 heavy (non-hydrogen) atoms. The molecule has 0 radical (unpaired) electrons. The third-order valence-corrected chi connectivity index (χ3v) is 4.94. The standard InChI is InChI=1S/C18H18BrClN4O2S/c1-11-22-23-18(27)24(11)21-9-13-7-15(19)17(16(8-13)25-2)26-10-12-4-3-5-14(20)6-12/h3-8,21H,9-10H2,1-2H3,(H,23,27). The van der Waals surface area contributed by atoms with Crippen LogP contribution in [0.25, 0.3) is 0 Å². The minimum Gasteiger partial charge on any atom is -0.493 e. The summed E-state index contributed by atoms with van der Waals surface area (Å²) in [6.45, 7) is 2.79. The SMILES string of the molecule is COc1cc(CNn2c(C)n[nH]c2=S)cc(Br)c1OCc1cccc(Cl)c1. The monoisotopic (exact) mass is 468 g/mol. The number of nitrogens with one attached hydrogen (secondary N) is 2. The second kappa shape index (κ2) is 8.77. The van der Waals surface area contributed by atoms with Crippen molar-refractivity contribution in [2.24, 2.45) is 0 Å². The van der Waals surface area contributed by atoms with Gasteiger partial charge in [-0.1, -0.05) is 23.7 Å². The van der Waals surface area contributed by atoms with E-state index in [1.807, 2.05) is 43.3 Å². The van der Waals surface area contributed by atoms with E-state index in [0.717, 1.165) is 21.4 Å². The van der Waals surface area contributed by atoms with Crippen molar-refractivity contribution < 1.29 is 9.47 Å². The number of aromatic nitrogens is 3. The first-order valence-electron chi connectivity index (χ1n) is 8.09. The molecule has 0 amide bonds. The Kier molecular flexibility index (Phi) is 6.41. The molecular weight excluding hydrogens is 452 g/mol. The van der Waals surface area contributed by atoms with Gasteiger partial charge in [-0.05, 0) is 70.5 Å². The summed E-state index contributed by atoms with van der Waals surface area (Å²) < 4.78 is 14.5. The molecule has 0 aliphatic rings. The quantitative estimate of drug-likeness (QED) is 0.477. The number of benzene rings is 2. The van der Waals surface area contributed by atoms with Crippen molar-refractivity contribution in [1.82, 2.24) is 14.9 Å². The molecule has 2 N–H and O–H groups in total. The normalized spacial score (nSPS) is 10.7. The Morgan fingerprint density at radius 1 is 1.30 bits per heavy atom. The molecule has 0 saturated heterocycles. The number of hydrogen-bond donors (Lipinski definition) is 2. The lowest BCUT2D eigenvalue weighted by atomic mass is 10.2. The largest absolute Gasteiger partial charge is 0.493 e. The molecule has 9 heteroatoms. The molecular formula is C18H18BrClN4O2S. The number of nitrogens with zero attached hydrogens (tertiary/aromatic N) is 2. The number of halogens is 2. The molecule has 0 unspecified atom stereocenters. The summed E-state index contributed by atoms with van der Waals surface area (Å²) in [6, 6.07) is 11.5. The number of methoxy groups -OCH3 is 1. The van der Waals surface area contributed by atoms with Gasteiger partial charge in [0, 0.05) is 5.02 Å². The van der Waals surface area contributed by atoms with Crippen molar-refractivity contribution in [3.63, 3.8) is 0 Å². The number of aryl methyl sites for hydroxylation is 1. The Bertz CT molecular complexity index is 1010. The second-order valence-electron chi connectivity index (χ2n) is 5.77. The average Bonchev–Trinajstić information content (AvgIpc) is 2.96. The molecule has 1 heterocycles. The number of rotatable bonds is 7. The van der Waals surface area contributed by atoms with E-state index in [-0.39, 0.29) is 0 Å². The lowest BCUT2D eigenvalue weighted by molar-refractivity contribution is 0.282. The summed E-state index contributed by atoms with van der Waals surface area (Å²) in [7, 11) is 1.61. The van der Waals surface area contributed by atoms with Crippen molar-refractivity contribution >= 4 is 39.7 Å². The van der Waals surface area contributed by atoms with Crippen LogP contribution in [0.5, 0.6) is 11.5 Å². The Balaban J connectivity index is 1.75. The van der Waals surface area contributed by atoms with Crippen LogP contribution in [0.1, 0.15) is 17.0 Å². The third-order valence-electron chi connectivity index (χ3n) is 3.84. The topological polar surface area (TPSA) is 64.1 Å². The summed E-state index contributed by atoms with van der Waals surface area (Å²) in [5.74, 6) is 2.03. The molecule has 142 valence electrons. The molecule has 0 saturated carbocycles. The Hall–Kier alpha value is -2.03. The zero-order valence-corrected chi connectivity index (χ0v) is 17.9. The van der Waals surface area contributed by atoms with E-state index in [9.17, 15) is 0 Å². The molecule has 0 bridgehead atoms. The Morgan fingerprint density at radius 2 is 2.11 bits per heavy atom. The first-order valence-corrected chi connectivity index (χ1v) is 9.67. The lowest BCUT2D eigenvalue weighted by Gasteiger charge is -2.15. The van der Waals surface area contributed by atoms with Crippen LogP contribution in [0.3, 0.4) is 0 Å². The molecule has 3 aromatic rings. The van der Waals surface area contributed by atoms with E-state index in [2.05, 4.69) is 31.6 Å². The smallest absolute Gasteiger partial charge is 0.214 e. The minimum absolute atomic E-state index is 0.385. The maximum Gasteiger partial charge on any atom is 0.214 e. The van der Waals surface area contributed by atoms with Crippen LogP contribution in [-0.2, 0) is 13.2 Å². The van der Waals surface area contributed by atoms with Gasteiger partial charge in [0.15, 0.2) is 11.5 Å². The Labute approximate surface area is 175 Å². The maximum absolute atomic E-state index is 6.02. The number of ether oxygens (including phenoxy) is 2. The van der Waals surface area contributed by atoms with E-state index >= 15 is 0 Å². The average molecular weight is 470 g/mol. The lowest BCUT2D eigenvalue weighted by Crippen LogP contribution is -2.16. The van der Waals surface area contributed by atoms with Crippen molar-refractivity contribution in [3.05, 3.63) is 67.6 Å². The van der Waals surface area contributed by atoms with Gasteiger partial charge in [0.2, 0.25) is 4.77 Å². The molecule has 3 rings (SSSR count). The zero-order chi connectivity index (χ0) is 19.4. The van der Waals surface area contributed by atoms with Gasteiger partial charge in [0.05, 0.1) is 18.1 Å². The summed E-state index contributed by atoms with van der Waals surface area (Å²) in [4.78, 5) is 0. The van der Waals surface area contributed by atoms with Crippen LogP contribution >= 0.6 is 39.7 Å². The van der Waals surface area contributed by atoms with E-state index in [1.165, 1.54) is 0 Å². The van der Waals surface area contributed by atoms with Crippen molar-refractivity contribution in [2.45, 2.75) is 20.1 Å². The summed E-state index contributed by atoms with van der Waals surface area (Å²) >= 11 is 14.8. The van der Waals surface area contributed by atoms with Gasteiger partial charge in [-0.3, -0.25) is 5.10 Å². The fraction of sp³-hybridized carbons (Fsp3) is 0.222. The highest BCUT2D eigenvalue weighted by Gasteiger charge is 2.13. The second-order valence-corrected chi connectivity index (χ2v) is 7.45. The number of hydrogen-bond acceptors (Lipinski definition) is 5. The fourth-order valence-electron chi connectivity index (χ4n) is 2.53. The van der Waals surface area contributed by atoms with E-state index < -0.39 is 0 Å². The first kappa shape index (κ1) is 19.7. The molecule has 0 fully saturated rings. The van der Waals surface area contributed by atoms with Gasteiger partial charge in [-0.2, -0.15) is 5.10 Å². The van der Waals surface area contributed by atoms with Gasteiger partial charge in [-0.25, -0.2) is 4.68 Å². The summed E-state index contributed by atoms with van der Waals surface area (Å²) in [5.41, 5.74) is 5.20. The molecule has 6 nitrogen and oxygen atoms in total. The van der Waals surface area contributed by atoms with Crippen LogP contribution in [0.4, 0.5) is 0 Å². The van der Waals surface area contributed by atoms with E-state index in [0.29, 0.717) is 34.4 Å². The minimum atomic E-state index is 0.385. The molecule has 1 aromatic heterocycles. The predicted octanol–water partition coefficient (Wildman–Crippen LogP) is 5.00. The van der Waals surface area contributed by atoms with Crippen molar-refractivity contribution in [2.75, 3.05) is 12.5 Å². The van der Waals surface area contributed by atoms with Gasteiger partial charge < -0.3 is 14.9 Å². The van der Waals surface area contributed by atoms with Crippen LogP contribution in [0.2, 0.25) is 5.02 Å². The molecule has 0 atom stereocenters. The zero-order valence-electron chi connectivity index (χ0n) is 14.8. The third kappa shape index (κ3) is 4.82. The molecule has 0 aliphatic carbocycles. The van der Waals surface area contributed by atoms with Gasteiger partial charge in [0.1, 0.15) is 12.4 Å². The highest BCUT2D eigenvalue weighted by atomic mass is 79.9.